The molecule has 0 aliphatic heterocycles. The van der Waals surface area contributed by atoms with Crippen molar-refractivity contribution < 1.29 is 4.74 Å². The number of benzene rings is 1. The number of fused-ring (bicyclic) bond motifs is 1. The molecule has 1 aromatic carbocycles. The molecule has 114 valence electrons. The van der Waals surface area contributed by atoms with Crippen LogP contribution in [-0.2, 0) is 0 Å². The number of aromatic amines is 1. The third-order valence-corrected chi connectivity index (χ3v) is 3.46. The molecule has 0 atom stereocenters. The molecule has 5 heteroatoms. The lowest BCUT2D eigenvalue weighted by Gasteiger charge is -2.12. The van der Waals surface area contributed by atoms with Gasteiger partial charge in [0.15, 0.2) is 0 Å². The number of hydrogen-bond acceptors (Lipinski definition) is 4. The molecule has 0 bridgehead atoms. The monoisotopic (exact) mass is 296 g/mol. The molecule has 0 amide bonds. The summed E-state index contributed by atoms with van der Waals surface area (Å²) in [7, 11) is 0. The number of aromatic nitrogens is 3. The Morgan fingerprint density at radius 2 is 2.09 bits per heavy atom. The fourth-order valence-electron chi connectivity index (χ4n) is 2.32. The summed E-state index contributed by atoms with van der Waals surface area (Å²) in [5, 5.41) is 4.33. The van der Waals surface area contributed by atoms with E-state index in [-0.39, 0.29) is 0 Å². The van der Waals surface area contributed by atoms with E-state index < -0.39 is 0 Å². The minimum absolute atomic E-state index is 0.720. The Bertz CT molecular complexity index is 766. The molecule has 3 aromatic rings. The molecular weight excluding hydrogens is 276 g/mol. The molecule has 2 N–H and O–H groups in total. The van der Waals surface area contributed by atoms with Crippen LogP contribution in [0.2, 0.25) is 0 Å². The maximum Gasteiger partial charge on any atom is 0.143 e. The fraction of sp³-hybridized carbons (Fsp3) is 0.294. The number of anilines is 2. The molecule has 3 rings (SSSR count). The van der Waals surface area contributed by atoms with Crippen molar-refractivity contribution in [3.05, 3.63) is 42.4 Å². The Kier molecular flexibility index (Phi) is 4.23. The van der Waals surface area contributed by atoms with Crippen molar-refractivity contribution in [2.45, 2.75) is 26.7 Å². The second kappa shape index (κ2) is 6.47. The summed E-state index contributed by atoms with van der Waals surface area (Å²) in [6.45, 7) is 4.88. The summed E-state index contributed by atoms with van der Waals surface area (Å²) in [5.74, 6) is 1.62. The molecule has 0 aliphatic carbocycles. The van der Waals surface area contributed by atoms with E-state index in [2.05, 4.69) is 27.2 Å². The fourth-order valence-corrected chi connectivity index (χ4v) is 2.32. The number of para-hydroxylation sites is 2. The van der Waals surface area contributed by atoms with E-state index in [1.54, 1.807) is 6.33 Å². The van der Waals surface area contributed by atoms with Crippen LogP contribution in [0.25, 0.3) is 11.0 Å². The predicted molar refractivity (Wildman–Crippen MR) is 88.8 cm³/mol. The van der Waals surface area contributed by atoms with E-state index in [0.717, 1.165) is 53.4 Å². The third kappa shape index (κ3) is 3.03. The zero-order valence-corrected chi connectivity index (χ0v) is 12.9. The van der Waals surface area contributed by atoms with Gasteiger partial charge in [0.2, 0.25) is 0 Å². The van der Waals surface area contributed by atoms with E-state index >= 15 is 0 Å². The van der Waals surface area contributed by atoms with E-state index in [9.17, 15) is 0 Å². The van der Waals surface area contributed by atoms with Gasteiger partial charge in [0.25, 0.3) is 0 Å². The van der Waals surface area contributed by atoms with Gasteiger partial charge in [-0.3, -0.25) is 0 Å². The van der Waals surface area contributed by atoms with Gasteiger partial charge in [-0.2, -0.15) is 0 Å². The van der Waals surface area contributed by atoms with Crippen molar-refractivity contribution in [1.82, 2.24) is 15.0 Å². The Morgan fingerprint density at radius 1 is 1.23 bits per heavy atom. The summed E-state index contributed by atoms with van der Waals surface area (Å²) in [6.07, 6.45) is 3.72. The Hall–Kier alpha value is -2.56. The minimum atomic E-state index is 0.720. The molecule has 0 aliphatic rings. The van der Waals surface area contributed by atoms with Gasteiger partial charge < -0.3 is 15.0 Å². The minimum Gasteiger partial charge on any atom is -0.491 e. The molecular formula is C17H20N4O. The first-order chi connectivity index (χ1) is 10.8. The number of nitrogens with one attached hydrogen (secondary N) is 2. The van der Waals surface area contributed by atoms with Crippen molar-refractivity contribution in [3.63, 3.8) is 0 Å². The quantitative estimate of drug-likeness (QED) is 0.669. The van der Waals surface area contributed by atoms with Crippen LogP contribution >= 0.6 is 0 Å². The molecule has 5 nitrogen and oxygen atoms in total. The highest BCUT2D eigenvalue weighted by Gasteiger charge is 2.09. The summed E-state index contributed by atoms with van der Waals surface area (Å²) >= 11 is 0. The number of aryl methyl sites for hydroxylation is 1. The van der Waals surface area contributed by atoms with Gasteiger partial charge in [0.05, 0.1) is 17.7 Å². The summed E-state index contributed by atoms with van der Waals surface area (Å²) in [4.78, 5) is 11.8. The lowest BCUT2D eigenvalue weighted by atomic mass is 10.2. The first kappa shape index (κ1) is 14.4. The van der Waals surface area contributed by atoms with Gasteiger partial charge in [-0.05, 0) is 31.5 Å². The van der Waals surface area contributed by atoms with Gasteiger partial charge in [-0.15, -0.1) is 0 Å². The Labute approximate surface area is 129 Å². The first-order valence-electron chi connectivity index (χ1n) is 7.57. The van der Waals surface area contributed by atoms with Gasteiger partial charge in [-0.1, -0.05) is 25.5 Å². The molecule has 0 unspecified atom stereocenters. The molecule has 2 heterocycles. The van der Waals surface area contributed by atoms with Gasteiger partial charge in [0, 0.05) is 5.69 Å². The molecule has 0 saturated heterocycles. The topological polar surface area (TPSA) is 62.8 Å². The standard InChI is InChI=1S/C17H20N4O/c1-3-4-9-22-15-8-6-5-7-14(15)21-17-13-10-12(2)20-16(13)18-11-19-17/h5-8,10-11H,3-4,9H2,1-2H3,(H2,18,19,20,21). The maximum absolute atomic E-state index is 5.85. The average Bonchev–Trinajstić information content (AvgIpc) is 2.90. The Morgan fingerprint density at radius 3 is 2.95 bits per heavy atom. The van der Waals surface area contributed by atoms with E-state index in [1.165, 1.54) is 0 Å². The van der Waals surface area contributed by atoms with Crippen molar-refractivity contribution >= 4 is 22.5 Å². The van der Waals surface area contributed by atoms with Crippen LogP contribution in [0.15, 0.2) is 36.7 Å². The number of rotatable bonds is 6. The van der Waals surface area contributed by atoms with Crippen LogP contribution in [-0.4, -0.2) is 21.6 Å². The zero-order chi connectivity index (χ0) is 15.4. The highest BCUT2D eigenvalue weighted by Crippen LogP contribution is 2.29. The lowest BCUT2D eigenvalue weighted by Crippen LogP contribution is -2.01. The average molecular weight is 296 g/mol. The molecule has 22 heavy (non-hydrogen) atoms. The van der Waals surface area contributed by atoms with E-state index in [0.29, 0.717) is 0 Å². The predicted octanol–water partition coefficient (Wildman–Crippen LogP) is 4.19. The zero-order valence-electron chi connectivity index (χ0n) is 12.9. The SMILES string of the molecule is CCCCOc1ccccc1Nc1ncnc2[nH]c(C)cc12. The smallest absolute Gasteiger partial charge is 0.143 e. The number of nitrogens with zero attached hydrogens (tertiary/aromatic N) is 2. The number of H-pyrrole nitrogens is 1. The summed E-state index contributed by atoms with van der Waals surface area (Å²) in [6, 6.07) is 9.96. The summed E-state index contributed by atoms with van der Waals surface area (Å²) in [5.41, 5.74) is 2.81. The second-order valence-electron chi connectivity index (χ2n) is 5.26. The van der Waals surface area contributed by atoms with Crippen molar-refractivity contribution in [2.24, 2.45) is 0 Å². The van der Waals surface area contributed by atoms with Gasteiger partial charge in [0.1, 0.15) is 23.5 Å². The van der Waals surface area contributed by atoms with Gasteiger partial charge in [-0.25, -0.2) is 9.97 Å². The van der Waals surface area contributed by atoms with E-state index in [4.69, 9.17) is 4.74 Å². The first-order valence-corrected chi connectivity index (χ1v) is 7.57. The highest BCUT2D eigenvalue weighted by molar-refractivity contribution is 5.90. The van der Waals surface area contributed by atoms with Crippen LogP contribution in [0.1, 0.15) is 25.5 Å². The second-order valence-corrected chi connectivity index (χ2v) is 5.26. The third-order valence-electron chi connectivity index (χ3n) is 3.46. The van der Waals surface area contributed by atoms with Crippen LogP contribution in [0, 0.1) is 6.92 Å². The number of hydrogen-bond donors (Lipinski definition) is 2. The largest absolute Gasteiger partial charge is 0.491 e. The maximum atomic E-state index is 5.85. The van der Waals surface area contributed by atoms with Crippen molar-refractivity contribution in [3.8, 4) is 5.75 Å². The van der Waals surface area contributed by atoms with E-state index in [1.807, 2.05) is 37.3 Å². The number of ether oxygens (including phenoxy) is 1. The molecule has 0 radical (unpaired) electrons. The highest BCUT2D eigenvalue weighted by atomic mass is 16.5. The van der Waals surface area contributed by atoms with Crippen LogP contribution < -0.4 is 10.1 Å². The number of unbranched alkanes of at least 4 members (excludes halogenated alkanes) is 1. The normalized spacial score (nSPS) is 10.8. The molecule has 0 fully saturated rings. The van der Waals surface area contributed by atoms with Crippen LogP contribution in [0.4, 0.5) is 11.5 Å². The van der Waals surface area contributed by atoms with Crippen molar-refractivity contribution in [2.75, 3.05) is 11.9 Å². The van der Waals surface area contributed by atoms with Gasteiger partial charge >= 0.3 is 0 Å². The Balaban J connectivity index is 1.88. The molecule has 0 spiro atoms. The molecule has 2 aromatic heterocycles. The van der Waals surface area contributed by atoms with Crippen LogP contribution in [0.3, 0.4) is 0 Å². The van der Waals surface area contributed by atoms with Crippen molar-refractivity contribution in [1.29, 1.82) is 0 Å². The summed E-state index contributed by atoms with van der Waals surface area (Å²) < 4.78 is 5.85. The lowest BCUT2D eigenvalue weighted by molar-refractivity contribution is 0.311. The molecule has 0 saturated carbocycles. The van der Waals surface area contributed by atoms with Crippen LogP contribution in [0.5, 0.6) is 5.75 Å².